The number of carbonyl (C=O) groups is 3. The van der Waals surface area contributed by atoms with Gasteiger partial charge in [0.2, 0.25) is 17.7 Å². The van der Waals surface area contributed by atoms with Gasteiger partial charge in [0.1, 0.15) is 11.6 Å². The molecule has 0 aromatic heterocycles. The Morgan fingerprint density at radius 3 is 2.43 bits per heavy atom. The summed E-state index contributed by atoms with van der Waals surface area (Å²) < 4.78 is 6.74. The van der Waals surface area contributed by atoms with Gasteiger partial charge < -0.3 is 24.5 Å². The Hall–Kier alpha value is -2.19. The summed E-state index contributed by atoms with van der Waals surface area (Å²) in [6.45, 7) is 16.7. The van der Waals surface area contributed by atoms with E-state index in [1.165, 1.54) is 0 Å². The second-order valence-corrected chi connectivity index (χ2v) is 11.4. The number of nitrogens with zero attached hydrogens (tertiary/aromatic N) is 3. The van der Waals surface area contributed by atoms with Crippen LogP contribution < -0.4 is 0 Å². The number of aliphatic hydroxyl groups is 1. The lowest BCUT2D eigenvalue weighted by Gasteiger charge is -2.41. The van der Waals surface area contributed by atoms with Crippen molar-refractivity contribution in [2.45, 2.75) is 89.5 Å². The van der Waals surface area contributed by atoms with Gasteiger partial charge >= 0.3 is 0 Å². The molecule has 3 rings (SSSR count). The molecule has 0 radical (unpaired) electrons. The van der Waals surface area contributed by atoms with Gasteiger partial charge in [-0.2, -0.15) is 0 Å². The summed E-state index contributed by atoms with van der Waals surface area (Å²) in [5, 5.41) is 10.5. The quantitative estimate of drug-likeness (QED) is 0.283. The molecule has 3 aliphatic heterocycles. The van der Waals surface area contributed by atoms with Crippen molar-refractivity contribution in [1.82, 2.24) is 14.7 Å². The minimum absolute atomic E-state index is 0.0298. The molecule has 8 heteroatoms. The molecule has 0 aliphatic carbocycles. The molecule has 0 saturated carbocycles. The standard InChI is InChI=1S/C29H47N3O5/c1-8-12-13-18-31(17-10-3)27(36)24-29-15-14-28(6,37-29)22(25(34)30(7)16-9-2)23(29)26(35)32(24)21(19-33)20(5)11-4/h9-10,20-24,33H,2-3,8,11-19H2,1,4-7H3/t20-,21-,22-,23-,24?,28+,29?/m0/s1. The van der Waals surface area contributed by atoms with Crippen LogP contribution in [0.25, 0.3) is 0 Å². The van der Waals surface area contributed by atoms with Gasteiger partial charge in [-0.3, -0.25) is 14.4 Å². The minimum atomic E-state index is -1.09. The van der Waals surface area contributed by atoms with Crippen molar-refractivity contribution in [2.24, 2.45) is 17.8 Å². The Labute approximate surface area is 222 Å². The minimum Gasteiger partial charge on any atom is -0.394 e. The van der Waals surface area contributed by atoms with Crippen molar-refractivity contribution in [1.29, 1.82) is 0 Å². The van der Waals surface area contributed by atoms with Gasteiger partial charge in [-0.05, 0) is 32.1 Å². The summed E-state index contributed by atoms with van der Waals surface area (Å²) in [4.78, 5) is 47.4. The molecule has 37 heavy (non-hydrogen) atoms. The Morgan fingerprint density at radius 1 is 1.19 bits per heavy atom. The van der Waals surface area contributed by atoms with Crippen molar-refractivity contribution in [3.63, 3.8) is 0 Å². The number of rotatable bonds is 14. The first-order valence-corrected chi connectivity index (χ1v) is 14.0. The molecular formula is C29H47N3O5. The number of carbonyl (C=O) groups excluding carboxylic acids is 3. The van der Waals surface area contributed by atoms with Crippen LogP contribution in [0.15, 0.2) is 25.3 Å². The number of likely N-dealkylation sites (N-methyl/N-ethyl adjacent to an activating group) is 1. The summed E-state index contributed by atoms with van der Waals surface area (Å²) in [6.07, 6.45) is 8.11. The lowest BCUT2D eigenvalue weighted by atomic mass is 9.66. The third kappa shape index (κ3) is 4.87. The molecule has 3 saturated heterocycles. The van der Waals surface area contributed by atoms with E-state index in [9.17, 15) is 19.5 Å². The summed E-state index contributed by atoms with van der Waals surface area (Å²) in [6, 6.07) is -1.42. The van der Waals surface area contributed by atoms with Gasteiger partial charge in [0, 0.05) is 26.7 Å². The fraction of sp³-hybridized carbons (Fsp3) is 0.759. The molecule has 2 unspecified atom stereocenters. The van der Waals surface area contributed by atoms with Gasteiger partial charge in [-0.25, -0.2) is 0 Å². The van der Waals surface area contributed by atoms with Crippen LogP contribution in [0.5, 0.6) is 0 Å². The fourth-order valence-corrected chi connectivity index (χ4v) is 6.88. The average Bonchev–Trinajstić information content (AvgIpc) is 3.44. The van der Waals surface area contributed by atoms with E-state index in [0.29, 0.717) is 32.5 Å². The van der Waals surface area contributed by atoms with Crippen LogP contribution in [0.1, 0.15) is 66.2 Å². The van der Waals surface area contributed by atoms with Gasteiger partial charge in [0.25, 0.3) is 0 Å². The Bertz CT molecular complexity index is 893. The van der Waals surface area contributed by atoms with Crippen LogP contribution in [0.3, 0.4) is 0 Å². The second kappa shape index (κ2) is 11.7. The van der Waals surface area contributed by atoms with Crippen molar-refractivity contribution >= 4 is 17.7 Å². The maximum atomic E-state index is 14.4. The number of unbranched alkanes of at least 4 members (excludes halogenated alkanes) is 2. The first-order chi connectivity index (χ1) is 17.6. The zero-order valence-corrected chi connectivity index (χ0v) is 23.4. The maximum Gasteiger partial charge on any atom is 0.248 e. The summed E-state index contributed by atoms with van der Waals surface area (Å²) in [5.74, 6) is -2.07. The van der Waals surface area contributed by atoms with Crippen LogP contribution in [0.2, 0.25) is 0 Å². The van der Waals surface area contributed by atoms with Crippen molar-refractivity contribution < 1.29 is 24.2 Å². The normalized spacial score (nSPS) is 31.7. The molecule has 3 aliphatic rings. The summed E-state index contributed by atoms with van der Waals surface area (Å²) >= 11 is 0. The third-order valence-electron chi connectivity index (χ3n) is 9.03. The number of hydrogen-bond acceptors (Lipinski definition) is 5. The largest absolute Gasteiger partial charge is 0.394 e. The van der Waals surface area contributed by atoms with Crippen LogP contribution in [-0.2, 0) is 19.1 Å². The SMILES string of the molecule is C=CCN(C)C(=O)[C@@H]1[C@H]2C(=O)N([C@@H](CO)[C@@H](C)CC)C(C(=O)N(CC=C)CCCCC)C23CC[C@@]1(C)O3. The number of likely N-dealkylation sites (tertiary alicyclic amines) is 1. The molecule has 1 N–H and O–H groups in total. The van der Waals surface area contributed by atoms with E-state index >= 15 is 0 Å². The number of amides is 3. The summed E-state index contributed by atoms with van der Waals surface area (Å²) in [5.41, 5.74) is -1.92. The lowest BCUT2D eigenvalue weighted by Crippen LogP contribution is -2.60. The molecule has 208 valence electrons. The van der Waals surface area contributed by atoms with E-state index in [1.807, 2.05) is 20.8 Å². The van der Waals surface area contributed by atoms with E-state index < -0.39 is 35.1 Å². The molecule has 3 fully saturated rings. The zero-order valence-electron chi connectivity index (χ0n) is 23.4. The topological polar surface area (TPSA) is 90.4 Å². The predicted molar refractivity (Wildman–Crippen MR) is 144 cm³/mol. The monoisotopic (exact) mass is 517 g/mol. The van der Waals surface area contributed by atoms with Gasteiger partial charge in [-0.1, -0.05) is 52.2 Å². The Kier molecular flexibility index (Phi) is 9.27. The second-order valence-electron chi connectivity index (χ2n) is 11.4. The highest BCUT2D eigenvalue weighted by Gasteiger charge is 2.78. The van der Waals surface area contributed by atoms with E-state index in [2.05, 4.69) is 20.1 Å². The highest BCUT2D eigenvalue weighted by Crippen LogP contribution is 2.64. The first-order valence-electron chi connectivity index (χ1n) is 14.0. The van der Waals surface area contributed by atoms with Crippen LogP contribution in [-0.4, -0.2) is 94.1 Å². The van der Waals surface area contributed by atoms with Gasteiger partial charge in [0.15, 0.2) is 0 Å². The average molecular weight is 518 g/mol. The predicted octanol–water partition coefficient (Wildman–Crippen LogP) is 3.01. The van der Waals surface area contributed by atoms with E-state index in [4.69, 9.17) is 4.74 Å². The Morgan fingerprint density at radius 2 is 1.86 bits per heavy atom. The number of ether oxygens (including phenoxy) is 1. The smallest absolute Gasteiger partial charge is 0.248 e. The van der Waals surface area contributed by atoms with Gasteiger partial charge in [0.05, 0.1) is 30.1 Å². The first kappa shape index (κ1) is 29.4. The van der Waals surface area contributed by atoms with Gasteiger partial charge in [-0.15, -0.1) is 13.2 Å². The number of fused-ring (bicyclic) bond motifs is 1. The molecule has 1 spiro atoms. The van der Waals surface area contributed by atoms with Crippen molar-refractivity contribution in [3.8, 4) is 0 Å². The van der Waals surface area contributed by atoms with Crippen LogP contribution in [0.4, 0.5) is 0 Å². The number of hydrogen-bond donors (Lipinski definition) is 1. The van der Waals surface area contributed by atoms with Crippen LogP contribution >= 0.6 is 0 Å². The molecule has 0 aromatic carbocycles. The molecular weight excluding hydrogens is 470 g/mol. The molecule has 8 nitrogen and oxygen atoms in total. The van der Waals surface area contributed by atoms with E-state index in [0.717, 1.165) is 25.7 Å². The molecule has 7 atom stereocenters. The molecule has 3 heterocycles. The molecule has 3 amide bonds. The highest BCUT2D eigenvalue weighted by molar-refractivity contribution is 5.99. The fourth-order valence-electron chi connectivity index (χ4n) is 6.88. The highest BCUT2D eigenvalue weighted by atomic mass is 16.5. The van der Waals surface area contributed by atoms with E-state index in [1.54, 1.807) is 33.9 Å². The van der Waals surface area contributed by atoms with Crippen molar-refractivity contribution in [2.75, 3.05) is 33.3 Å². The molecule has 0 aromatic rings. The summed E-state index contributed by atoms with van der Waals surface area (Å²) in [7, 11) is 1.71. The van der Waals surface area contributed by atoms with Crippen molar-refractivity contribution in [3.05, 3.63) is 25.3 Å². The zero-order chi connectivity index (χ0) is 27.5. The molecule has 2 bridgehead atoms. The van der Waals surface area contributed by atoms with Crippen LogP contribution in [0, 0.1) is 17.8 Å². The Balaban J connectivity index is 2.12. The lowest BCUT2D eigenvalue weighted by molar-refractivity contribution is -0.157. The third-order valence-corrected chi connectivity index (χ3v) is 9.03. The number of aliphatic hydroxyl groups excluding tert-OH is 1. The maximum absolute atomic E-state index is 14.4. The van der Waals surface area contributed by atoms with E-state index in [-0.39, 0.29) is 30.2 Å².